The zero-order valence-electron chi connectivity index (χ0n) is 12.3. The molecule has 0 N–H and O–H groups in total. The molecule has 0 amide bonds. The second-order valence-corrected chi connectivity index (χ2v) is 6.22. The van der Waals surface area contributed by atoms with E-state index in [9.17, 15) is 4.39 Å². The lowest BCUT2D eigenvalue weighted by Crippen LogP contribution is -2.12. The molecule has 1 aromatic heterocycles. The van der Waals surface area contributed by atoms with Crippen LogP contribution in [0.4, 0.5) is 4.39 Å². The van der Waals surface area contributed by atoms with E-state index in [4.69, 9.17) is 11.6 Å². The molecule has 2 aromatic rings. The van der Waals surface area contributed by atoms with Gasteiger partial charge in [0.05, 0.1) is 5.02 Å². The summed E-state index contributed by atoms with van der Waals surface area (Å²) in [4.78, 5) is 8.79. The van der Waals surface area contributed by atoms with Gasteiger partial charge in [0.25, 0.3) is 0 Å². The molecule has 2 nitrogen and oxygen atoms in total. The smallest absolute Gasteiger partial charge is 0.159 e. The van der Waals surface area contributed by atoms with Crippen LogP contribution in [-0.2, 0) is 0 Å². The van der Waals surface area contributed by atoms with Crippen LogP contribution in [0, 0.1) is 11.7 Å². The number of allylic oxidation sites excluding steroid dienone is 1. The van der Waals surface area contributed by atoms with Crippen molar-refractivity contribution in [3.8, 4) is 11.4 Å². The monoisotopic (exact) mass is 316 g/mol. The summed E-state index contributed by atoms with van der Waals surface area (Å²) in [6, 6.07) is 4.63. The number of hydrogen-bond acceptors (Lipinski definition) is 2. The van der Waals surface area contributed by atoms with Crippen LogP contribution in [0.15, 0.2) is 43.2 Å². The molecule has 22 heavy (non-hydrogen) atoms. The van der Waals surface area contributed by atoms with Crippen molar-refractivity contribution in [2.45, 2.75) is 31.6 Å². The summed E-state index contributed by atoms with van der Waals surface area (Å²) in [6.07, 6.45) is 10.5. The van der Waals surface area contributed by atoms with Gasteiger partial charge in [0.15, 0.2) is 5.82 Å². The lowest BCUT2D eigenvalue weighted by atomic mass is 9.79. The summed E-state index contributed by atoms with van der Waals surface area (Å²) in [5.41, 5.74) is 1.81. The van der Waals surface area contributed by atoms with Gasteiger partial charge in [-0.1, -0.05) is 17.7 Å². The molecule has 1 aliphatic carbocycles. The normalized spacial score (nSPS) is 21.5. The van der Waals surface area contributed by atoms with Gasteiger partial charge in [0.2, 0.25) is 0 Å². The minimum Gasteiger partial charge on any atom is -0.236 e. The highest BCUT2D eigenvalue weighted by atomic mass is 35.5. The third kappa shape index (κ3) is 3.20. The Labute approximate surface area is 135 Å². The van der Waals surface area contributed by atoms with Crippen molar-refractivity contribution in [3.05, 3.63) is 59.7 Å². The van der Waals surface area contributed by atoms with Gasteiger partial charge >= 0.3 is 0 Å². The van der Waals surface area contributed by atoms with Crippen molar-refractivity contribution < 1.29 is 4.39 Å². The Morgan fingerprint density at radius 1 is 1.14 bits per heavy atom. The van der Waals surface area contributed by atoms with Gasteiger partial charge in [-0.2, -0.15) is 0 Å². The zero-order chi connectivity index (χ0) is 15.5. The first-order valence-electron chi connectivity index (χ1n) is 7.57. The van der Waals surface area contributed by atoms with Crippen molar-refractivity contribution in [2.24, 2.45) is 5.92 Å². The van der Waals surface area contributed by atoms with Crippen molar-refractivity contribution >= 4 is 11.6 Å². The summed E-state index contributed by atoms with van der Waals surface area (Å²) < 4.78 is 13.5. The number of rotatable bonds is 3. The Kier molecular flexibility index (Phi) is 4.53. The van der Waals surface area contributed by atoms with Gasteiger partial charge < -0.3 is 0 Å². The summed E-state index contributed by atoms with van der Waals surface area (Å²) >= 11 is 5.70. The van der Waals surface area contributed by atoms with Crippen LogP contribution in [0.2, 0.25) is 5.02 Å². The van der Waals surface area contributed by atoms with E-state index in [1.165, 1.54) is 30.5 Å². The first kappa shape index (κ1) is 15.2. The first-order valence-corrected chi connectivity index (χ1v) is 7.95. The molecule has 3 rings (SSSR count). The molecule has 0 bridgehead atoms. The summed E-state index contributed by atoms with van der Waals surface area (Å²) in [6.45, 7) is 3.88. The lowest BCUT2D eigenvalue weighted by Gasteiger charge is -2.26. The van der Waals surface area contributed by atoms with Gasteiger partial charge in [-0.25, -0.2) is 14.4 Å². The Hall–Kier alpha value is -1.74. The van der Waals surface area contributed by atoms with E-state index < -0.39 is 5.82 Å². The van der Waals surface area contributed by atoms with E-state index in [1.807, 2.05) is 12.4 Å². The second kappa shape index (κ2) is 6.57. The van der Waals surface area contributed by atoms with Crippen LogP contribution in [0.3, 0.4) is 0 Å². The Morgan fingerprint density at radius 3 is 2.41 bits per heavy atom. The van der Waals surface area contributed by atoms with Gasteiger partial charge in [0.1, 0.15) is 5.82 Å². The molecule has 0 saturated heterocycles. The molecular formula is C18H18ClFN2. The van der Waals surface area contributed by atoms with Crippen molar-refractivity contribution in [2.75, 3.05) is 0 Å². The Bertz CT molecular complexity index is 661. The molecule has 0 unspecified atom stereocenters. The van der Waals surface area contributed by atoms with Crippen LogP contribution in [0.5, 0.6) is 0 Å². The third-order valence-electron chi connectivity index (χ3n) is 4.43. The standard InChI is InChI=1S/C18H18ClFN2/c1-2-12-3-5-13(6-4-12)15-10-21-18(22-11-15)14-7-8-16(19)17(20)9-14/h2,7-13H,1,3-6H2. The van der Waals surface area contributed by atoms with E-state index in [1.54, 1.807) is 6.07 Å². The number of nitrogens with zero attached hydrogens (tertiary/aromatic N) is 2. The van der Waals surface area contributed by atoms with Gasteiger partial charge in [-0.3, -0.25) is 0 Å². The predicted octanol–water partition coefficient (Wildman–Crippen LogP) is 5.40. The highest BCUT2D eigenvalue weighted by molar-refractivity contribution is 6.30. The Morgan fingerprint density at radius 2 is 1.82 bits per heavy atom. The molecule has 0 radical (unpaired) electrons. The molecule has 1 aromatic carbocycles. The maximum absolute atomic E-state index is 13.5. The number of aromatic nitrogens is 2. The molecule has 1 aliphatic rings. The summed E-state index contributed by atoms with van der Waals surface area (Å²) in [7, 11) is 0. The van der Waals surface area contributed by atoms with Crippen LogP contribution in [0.25, 0.3) is 11.4 Å². The number of halogens is 2. The van der Waals surface area contributed by atoms with Crippen LogP contribution < -0.4 is 0 Å². The minimum absolute atomic E-state index is 0.111. The maximum atomic E-state index is 13.5. The fourth-order valence-corrected chi connectivity index (χ4v) is 3.14. The fraction of sp³-hybridized carbons (Fsp3) is 0.333. The van der Waals surface area contributed by atoms with Gasteiger partial charge in [0, 0.05) is 18.0 Å². The topological polar surface area (TPSA) is 25.8 Å². The number of hydrogen-bond donors (Lipinski definition) is 0. The van der Waals surface area contributed by atoms with Crippen molar-refractivity contribution in [1.29, 1.82) is 0 Å². The van der Waals surface area contributed by atoms with Crippen LogP contribution >= 0.6 is 11.6 Å². The molecule has 0 aliphatic heterocycles. The van der Waals surface area contributed by atoms with Crippen molar-refractivity contribution in [3.63, 3.8) is 0 Å². The molecule has 0 spiro atoms. The van der Waals surface area contributed by atoms with Crippen LogP contribution in [0.1, 0.15) is 37.2 Å². The molecule has 1 saturated carbocycles. The lowest BCUT2D eigenvalue weighted by molar-refractivity contribution is 0.375. The molecular weight excluding hydrogens is 299 g/mol. The SMILES string of the molecule is C=CC1CCC(c2cnc(-c3ccc(Cl)c(F)c3)nc2)CC1. The highest BCUT2D eigenvalue weighted by Crippen LogP contribution is 2.35. The largest absolute Gasteiger partial charge is 0.236 e. The average Bonchev–Trinajstić information content (AvgIpc) is 2.58. The van der Waals surface area contributed by atoms with Gasteiger partial charge in [-0.05, 0) is 61.3 Å². The van der Waals surface area contributed by atoms with Crippen molar-refractivity contribution in [1.82, 2.24) is 9.97 Å². The molecule has 0 atom stereocenters. The predicted molar refractivity (Wildman–Crippen MR) is 87.3 cm³/mol. The van der Waals surface area contributed by atoms with E-state index in [0.717, 1.165) is 12.8 Å². The quantitative estimate of drug-likeness (QED) is 0.709. The van der Waals surface area contributed by atoms with E-state index in [2.05, 4.69) is 22.6 Å². The summed E-state index contributed by atoms with van der Waals surface area (Å²) in [5, 5.41) is 0.111. The molecule has 1 fully saturated rings. The first-order chi connectivity index (χ1) is 10.7. The highest BCUT2D eigenvalue weighted by Gasteiger charge is 2.21. The number of benzene rings is 1. The maximum Gasteiger partial charge on any atom is 0.159 e. The molecule has 114 valence electrons. The van der Waals surface area contributed by atoms with Crippen LogP contribution in [-0.4, -0.2) is 9.97 Å². The zero-order valence-corrected chi connectivity index (χ0v) is 13.1. The molecule has 4 heteroatoms. The van der Waals surface area contributed by atoms with E-state index in [0.29, 0.717) is 23.2 Å². The Balaban J connectivity index is 1.75. The minimum atomic E-state index is -0.449. The summed E-state index contributed by atoms with van der Waals surface area (Å²) in [5.74, 6) is 1.24. The molecule has 1 heterocycles. The fourth-order valence-electron chi connectivity index (χ4n) is 3.02. The average molecular weight is 317 g/mol. The van der Waals surface area contributed by atoms with E-state index in [-0.39, 0.29) is 5.02 Å². The third-order valence-corrected chi connectivity index (χ3v) is 4.73. The van der Waals surface area contributed by atoms with Gasteiger partial charge in [-0.15, -0.1) is 6.58 Å². The second-order valence-electron chi connectivity index (χ2n) is 5.82. The van der Waals surface area contributed by atoms with E-state index >= 15 is 0 Å².